The Hall–Kier alpha value is -2.04. The van der Waals surface area contributed by atoms with E-state index in [9.17, 15) is 4.79 Å². The van der Waals surface area contributed by atoms with Crippen molar-refractivity contribution in [2.45, 2.75) is 13.0 Å². The summed E-state index contributed by atoms with van der Waals surface area (Å²) in [7, 11) is 0. The SMILES string of the molecule is Cc1cccc(Cl)c1NC(=O)N1CCOCC1c1ccccc1. The maximum Gasteiger partial charge on any atom is 0.322 e. The second-order valence-electron chi connectivity index (χ2n) is 5.56. The van der Waals surface area contributed by atoms with Gasteiger partial charge in [0.15, 0.2) is 0 Å². The van der Waals surface area contributed by atoms with Gasteiger partial charge in [0.05, 0.1) is 30.0 Å². The Morgan fingerprint density at radius 3 is 2.74 bits per heavy atom. The predicted molar refractivity (Wildman–Crippen MR) is 91.9 cm³/mol. The van der Waals surface area contributed by atoms with E-state index in [2.05, 4.69) is 5.32 Å². The average molecular weight is 331 g/mol. The monoisotopic (exact) mass is 330 g/mol. The maximum atomic E-state index is 12.8. The Morgan fingerprint density at radius 2 is 2.00 bits per heavy atom. The normalized spacial score (nSPS) is 17.8. The minimum atomic E-state index is -0.154. The van der Waals surface area contributed by atoms with E-state index in [0.29, 0.717) is 30.5 Å². The summed E-state index contributed by atoms with van der Waals surface area (Å²) in [5.74, 6) is 0. The number of aryl methyl sites for hydroxylation is 1. The van der Waals surface area contributed by atoms with Crippen LogP contribution < -0.4 is 5.32 Å². The van der Waals surface area contributed by atoms with Crippen LogP contribution in [0.1, 0.15) is 17.2 Å². The van der Waals surface area contributed by atoms with Crippen LogP contribution in [0.5, 0.6) is 0 Å². The highest BCUT2D eigenvalue weighted by Gasteiger charge is 2.29. The van der Waals surface area contributed by atoms with Crippen LogP contribution in [0.2, 0.25) is 5.02 Å². The number of benzene rings is 2. The van der Waals surface area contributed by atoms with Crippen molar-refractivity contribution in [3.63, 3.8) is 0 Å². The lowest BCUT2D eigenvalue weighted by atomic mass is 10.1. The Bertz CT molecular complexity index is 670. The summed E-state index contributed by atoms with van der Waals surface area (Å²) in [6.45, 7) is 3.52. The molecule has 2 amide bonds. The predicted octanol–water partition coefficient (Wildman–Crippen LogP) is 4.25. The van der Waals surface area contributed by atoms with E-state index in [1.165, 1.54) is 0 Å². The molecule has 0 radical (unpaired) electrons. The third kappa shape index (κ3) is 3.49. The van der Waals surface area contributed by atoms with E-state index in [4.69, 9.17) is 16.3 Å². The molecule has 1 atom stereocenters. The summed E-state index contributed by atoms with van der Waals surface area (Å²) in [4.78, 5) is 14.6. The number of carbonyl (C=O) groups excluding carboxylic acids is 1. The lowest BCUT2D eigenvalue weighted by Gasteiger charge is -2.36. The Kier molecular flexibility index (Phi) is 4.84. The molecule has 1 fully saturated rings. The number of rotatable bonds is 2. The quantitative estimate of drug-likeness (QED) is 0.894. The van der Waals surface area contributed by atoms with Crippen molar-refractivity contribution in [3.8, 4) is 0 Å². The number of hydrogen-bond acceptors (Lipinski definition) is 2. The van der Waals surface area contributed by atoms with Crippen LogP contribution >= 0.6 is 11.6 Å². The number of hydrogen-bond donors (Lipinski definition) is 1. The molecular weight excluding hydrogens is 312 g/mol. The van der Waals surface area contributed by atoms with Crippen molar-refractivity contribution in [1.29, 1.82) is 0 Å². The van der Waals surface area contributed by atoms with Gasteiger partial charge < -0.3 is 15.0 Å². The summed E-state index contributed by atoms with van der Waals surface area (Å²) in [6, 6.07) is 15.3. The summed E-state index contributed by atoms with van der Waals surface area (Å²) in [6.07, 6.45) is 0. The number of amides is 2. The van der Waals surface area contributed by atoms with Gasteiger partial charge in [0.25, 0.3) is 0 Å². The molecule has 1 N–H and O–H groups in total. The lowest BCUT2D eigenvalue weighted by Crippen LogP contribution is -2.45. The van der Waals surface area contributed by atoms with E-state index in [1.54, 1.807) is 6.07 Å². The fraction of sp³-hybridized carbons (Fsp3) is 0.278. The van der Waals surface area contributed by atoms with Gasteiger partial charge in [0.1, 0.15) is 0 Å². The molecule has 1 aliphatic rings. The number of ether oxygens (including phenoxy) is 1. The van der Waals surface area contributed by atoms with Crippen LogP contribution in [-0.2, 0) is 4.74 Å². The molecule has 0 aromatic heterocycles. The van der Waals surface area contributed by atoms with Crippen molar-refractivity contribution < 1.29 is 9.53 Å². The molecule has 0 bridgehead atoms. The van der Waals surface area contributed by atoms with E-state index in [1.807, 2.05) is 54.3 Å². The second-order valence-corrected chi connectivity index (χ2v) is 5.96. The zero-order valence-corrected chi connectivity index (χ0v) is 13.7. The van der Waals surface area contributed by atoms with E-state index >= 15 is 0 Å². The molecule has 0 aliphatic carbocycles. The smallest absolute Gasteiger partial charge is 0.322 e. The molecule has 1 unspecified atom stereocenters. The van der Waals surface area contributed by atoms with Crippen molar-refractivity contribution in [3.05, 3.63) is 64.7 Å². The summed E-state index contributed by atoms with van der Waals surface area (Å²) in [5, 5.41) is 3.49. The first kappa shape index (κ1) is 15.8. The zero-order chi connectivity index (χ0) is 16.2. The third-order valence-corrected chi connectivity index (χ3v) is 4.34. The van der Waals surface area contributed by atoms with Gasteiger partial charge in [-0.15, -0.1) is 0 Å². The average Bonchev–Trinajstić information content (AvgIpc) is 2.59. The first-order valence-corrected chi connectivity index (χ1v) is 8.00. The van der Waals surface area contributed by atoms with Gasteiger partial charge in [-0.3, -0.25) is 0 Å². The molecule has 5 heteroatoms. The molecule has 3 rings (SSSR count). The Labute approximate surface area is 141 Å². The Morgan fingerprint density at radius 1 is 1.22 bits per heavy atom. The van der Waals surface area contributed by atoms with Crippen LogP contribution in [0.15, 0.2) is 48.5 Å². The molecule has 1 heterocycles. The van der Waals surface area contributed by atoms with Crippen LogP contribution in [0, 0.1) is 6.92 Å². The molecular formula is C18H19ClN2O2. The van der Waals surface area contributed by atoms with Gasteiger partial charge in [0.2, 0.25) is 0 Å². The number of halogens is 1. The third-order valence-electron chi connectivity index (χ3n) is 4.03. The zero-order valence-electron chi connectivity index (χ0n) is 13.0. The second kappa shape index (κ2) is 7.02. The van der Waals surface area contributed by atoms with Crippen molar-refractivity contribution in [1.82, 2.24) is 4.90 Å². The molecule has 23 heavy (non-hydrogen) atoms. The summed E-state index contributed by atoms with van der Waals surface area (Å²) in [5.41, 5.74) is 2.67. The number of nitrogens with zero attached hydrogens (tertiary/aromatic N) is 1. The number of anilines is 1. The van der Waals surface area contributed by atoms with Gasteiger partial charge in [-0.05, 0) is 24.1 Å². The highest BCUT2D eigenvalue weighted by molar-refractivity contribution is 6.33. The van der Waals surface area contributed by atoms with Gasteiger partial charge in [-0.2, -0.15) is 0 Å². The lowest BCUT2D eigenvalue weighted by molar-refractivity contribution is 0.0148. The molecule has 0 saturated carbocycles. The van der Waals surface area contributed by atoms with Crippen LogP contribution in [0.3, 0.4) is 0 Å². The number of morpholine rings is 1. The van der Waals surface area contributed by atoms with Gasteiger partial charge >= 0.3 is 6.03 Å². The number of nitrogens with one attached hydrogen (secondary N) is 1. The van der Waals surface area contributed by atoms with Crippen LogP contribution in [0.25, 0.3) is 0 Å². The van der Waals surface area contributed by atoms with Crippen molar-refractivity contribution in [2.75, 3.05) is 25.1 Å². The van der Waals surface area contributed by atoms with Crippen molar-refractivity contribution >= 4 is 23.3 Å². The summed E-state index contributed by atoms with van der Waals surface area (Å²) >= 11 is 6.21. The standard InChI is InChI=1S/C18H19ClN2O2/c1-13-6-5-9-15(19)17(13)20-18(22)21-10-11-23-12-16(21)14-7-3-2-4-8-14/h2-9,16H,10-12H2,1H3,(H,20,22). The van der Waals surface area contributed by atoms with Gasteiger partial charge in [-0.1, -0.05) is 54.1 Å². The fourth-order valence-electron chi connectivity index (χ4n) is 2.77. The minimum absolute atomic E-state index is 0.0901. The number of carbonyl (C=O) groups is 1. The van der Waals surface area contributed by atoms with Gasteiger partial charge in [-0.25, -0.2) is 4.79 Å². The Balaban J connectivity index is 1.82. The number of urea groups is 1. The number of para-hydroxylation sites is 1. The topological polar surface area (TPSA) is 41.6 Å². The van der Waals surface area contributed by atoms with Gasteiger partial charge in [0, 0.05) is 6.54 Å². The van der Waals surface area contributed by atoms with E-state index in [-0.39, 0.29) is 12.1 Å². The highest BCUT2D eigenvalue weighted by Crippen LogP contribution is 2.28. The molecule has 4 nitrogen and oxygen atoms in total. The molecule has 2 aromatic carbocycles. The molecule has 1 saturated heterocycles. The van der Waals surface area contributed by atoms with Crippen LogP contribution in [0.4, 0.5) is 10.5 Å². The van der Waals surface area contributed by atoms with E-state index in [0.717, 1.165) is 11.1 Å². The minimum Gasteiger partial charge on any atom is -0.377 e. The fourth-order valence-corrected chi connectivity index (χ4v) is 3.04. The maximum absolute atomic E-state index is 12.8. The summed E-state index contributed by atoms with van der Waals surface area (Å²) < 4.78 is 5.57. The largest absolute Gasteiger partial charge is 0.377 e. The molecule has 0 spiro atoms. The first-order chi connectivity index (χ1) is 11.2. The van der Waals surface area contributed by atoms with E-state index < -0.39 is 0 Å². The highest BCUT2D eigenvalue weighted by atomic mass is 35.5. The molecule has 120 valence electrons. The van der Waals surface area contributed by atoms with Crippen LogP contribution in [-0.4, -0.2) is 30.7 Å². The molecule has 1 aliphatic heterocycles. The first-order valence-electron chi connectivity index (χ1n) is 7.62. The van der Waals surface area contributed by atoms with Crippen molar-refractivity contribution in [2.24, 2.45) is 0 Å². The molecule has 2 aromatic rings.